The molecule has 4 aromatic rings. The van der Waals surface area contributed by atoms with E-state index in [1.807, 2.05) is 0 Å². The van der Waals surface area contributed by atoms with E-state index >= 15 is 0 Å². The van der Waals surface area contributed by atoms with Crippen molar-refractivity contribution in [2.45, 2.75) is 24.5 Å². The first-order valence-corrected chi connectivity index (χ1v) is 24.0. The zero-order valence-electron chi connectivity index (χ0n) is 29.0. The van der Waals surface area contributed by atoms with Crippen LogP contribution in [0.2, 0.25) is 0 Å². The fourth-order valence-corrected chi connectivity index (χ4v) is 9.44. The summed E-state index contributed by atoms with van der Waals surface area (Å²) in [5.74, 6) is -2.60. The Hall–Kier alpha value is -4.05. The van der Waals surface area contributed by atoms with Gasteiger partial charge in [0.1, 0.15) is 26.9 Å². The number of azo groups is 2. The molecule has 0 saturated carbocycles. The second-order valence-corrected chi connectivity index (χ2v) is 20.3. The zero-order valence-corrected chi connectivity index (χ0v) is 34.7. The minimum absolute atomic E-state index is 0.0734. The van der Waals surface area contributed by atoms with Crippen molar-refractivity contribution in [3.05, 3.63) is 54.6 Å². The van der Waals surface area contributed by atoms with E-state index in [2.05, 4.69) is 43.4 Å². The molecule has 0 atom stereocenters. The Morgan fingerprint density at radius 1 is 0.650 bits per heavy atom. The fraction of sp³-hybridized carbons (Fsp3) is 0.154. The third-order valence-electron chi connectivity index (χ3n) is 7.16. The molecular weight excluding hydrogens is 959 g/mol. The van der Waals surface area contributed by atoms with Crippen molar-refractivity contribution in [2.24, 2.45) is 20.5 Å². The molecule has 4 aromatic carbocycles. The molecule has 0 spiro atoms. The van der Waals surface area contributed by atoms with Crippen LogP contribution in [0.4, 0.5) is 28.4 Å². The monoisotopic (exact) mass is 983 g/mol. The van der Waals surface area contributed by atoms with E-state index in [0.717, 1.165) is 48.5 Å². The number of hydrogen-bond donors (Lipinski definition) is 7. The minimum atomic E-state index is -5.25. The van der Waals surface area contributed by atoms with Crippen LogP contribution in [0.25, 0.3) is 10.8 Å². The van der Waals surface area contributed by atoms with Crippen molar-refractivity contribution >= 4 is 114 Å². The highest BCUT2D eigenvalue weighted by Gasteiger charge is 2.27. The first-order valence-electron chi connectivity index (χ1n) is 15.0. The summed E-state index contributed by atoms with van der Waals surface area (Å²) in [6.45, 7) is -1.47. The lowest BCUT2D eigenvalue weighted by atomic mass is 10.1. The lowest BCUT2D eigenvalue weighted by molar-refractivity contribution is -0.434. The predicted molar refractivity (Wildman–Crippen MR) is 201 cm³/mol. The molecular formula is C26H25N5O22S7. The number of nitrogens with two attached hydrogens (primary N) is 1. The van der Waals surface area contributed by atoms with E-state index in [4.69, 9.17) is 25.0 Å². The lowest BCUT2D eigenvalue weighted by Crippen LogP contribution is -2.15. The summed E-state index contributed by atoms with van der Waals surface area (Å²) in [7, 11) is -23.8. The summed E-state index contributed by atoms with van der Waals surface area (Å²) in [5.41, 5.74) is 3.24. The average molecular weight is 984 g/mol. The Balaban J connectivity index is 1.81. The van der Waals surface area contributed by atoms with Gasteiger partial charge in [-0.2, -0.15) is 30.4 Å². The molecule has 27 nitrogen and oxygen atoms in total. The van der Waals surface area contributed by atoms with Crippen LogP contribution in [0.3, 0.4) is 0 Å². The summed E-state index contributed by atoms with van der Waals surface area (Å²) in [5, 5.41) is 49.4. The average Bonchev–Trinajstić information content (AvgIpc) is 3.14. The largest absolute Gasteiger partial charge is 0.505 e. The Morgan fingerprint density at radius 2 is 1.23 bits per heavy atom. The molecule has 0 saturated heterocycles. The van der Waals surface area contributed by atoms with Gasteiger partial charge >= 0.3 is 10.4 Å². The normalized spacial score (nSPS) is 13.2. The second kappa shape index (κ2) is 19.8. The second-order valence-electron chi connectivity index (χ2n) is 10.9. The number of aromatic hydroxyl groups is 1. The van der Waals surface area contributed by atoms with Crippen molar-refractivity contribution < 1.29 is 98.5 Å². The van der Waals surface area contributed by atoms with Crippen LogP contribution in [0.1, 0.15) is 0 Å². The Bertz CT molecular complexity index is 2880. The summed E-state index contributed by atoms with van der Waals surface area (Å²) < 4.78 is 167. The number of hydrogen-bond acceptors (Lipinski definition) is 26. The van der Waals surface area contributed by atoms with E-state index in [9.17, 15) is 56.3 Å². The Labute approximate surface area is 346 Å². The first kappa shape index (κ1) is 48.6. The van der Waals surface area contributed by atoms with E-state index in [0.29, 0.717) is 6.07 Å². The predicted octanol–water partition coefficient (Wildman–Crippen LogP) is 4.25. The molecule has 0 radical (unpaired) electrons. The molecule has 4 rings (SSSR count). The summed E-state index contributed by atoms with van der Waals surface area (Å²) in [4.78, 5) is -3.44. The van der Waals surface area contributed by atoms with Crippen LogP contribution in [0.5, 0.6) is 5.75 Å². The molecule has 60 heavy (non-hydrogen) atoms. The number of phenols is 1. The highest BCUT2D eigenvalue weighted by molar-refractivity contribution is 7.94. The Kier molecular flexibility index (Phi) is 16.0. The van der Waals surface area contributed by atoms with Crippen molar-refractivity contribution in [1.29, 1.82) is 0 Å². The molecule has 0 aromatic heterocycles. The molecule has 0 aliphatic heterocycles. The number of phenolic OH excluding ortho intramolecular Hbond substituents is 1. The minimum Gasteiger partial charge on any atom is -0.505 e. The molecule has 34 heteroatoms. The van der Waals surface area contributed by atoms with Gasteiger partial charge in [0, 0.05) is 0 Å². The molecule has 0 bridgehead atoms. The standard InChI is InChI=1S/C26H25N5O22S7/c27-23-22-14(12-21(59(42,43)44)25(23)31-28-15-1-3-16(4-2-15)56(35,36)10-8-49-60(45,46)47)11-19(54-52-50-33)24(26(22)32)30-29-18-6-5-17(13-20(18)58(39,40)41)57(37,38)9-7-48-55-53-51-34/h1-6,11-13,32-34H,7-10,27H2,(H,39,40,41)(H,42,43,44)(H,45,46,47)/b30-29+,31-28+. The fourth-order valence-electron chi connectivity index (χ4n) is 4.63. The number of benzene rings is 4. The van der Waals surface area contributed by atoms with Gasteiger partial charge in [0.15, 0.2) is 37.7 Å². The molecule has 0 fully saturated rings. The van der Waals surface area contributed by atoms with Crippen LogP contribution < -0.4 is 5.73 Å². The highest BCUT2D eigenvalue weighted by Crippen LogP contribution is 2.50. The van der Waals surface area contributed by atoms with Gasteiger partial charge < -0.3 is 10.8 Å². The van der Waals surface area contributed by atoms with Gasteiger partial charge in [-0.1, -0.05) is 10.1 Å². The van der Waals surface area contributed by atoms with Crippen molar-refractivity contribution in [3.8, 4) is 5.75 Å². The molecule has 0 aliphatic rings. The van der Waals surface area contributed by atoms with Gasteiger partial charge in [0.2, 0.25) is 0 Å². The van der Waals surface area contributed by atoms with E-state index in [1.165, 1.54) is 0 Å². The van der Waals surface area contributed by atoms with Crippen LogP contribution in [0, 0.1) is 0 Å². The number of nitrogens with zero attached hydrogens (tertiary/aromatic N) is 4. The van der Waals surface area contributed by atoms with E-state index in [-0.39, 0.29) is 45.2 Å². The maximum absolute atomic E-state index is 12.8. The van der Waals surface area contributed by atoms with Crippen molar-refractivity contribution in [3.63, 3.8) is 0 Å². The van der Waals surface area contributed by atoms with Gasteiger partial charge in [0.25, 0.3) is 20.2 Å². The molecule has 0 aliphatic carbocycles. The SMILES string of the molecule is Nc1c(/N=N/c2ccc(S(=O)(=O)CCOS(=O)(=O)O)cc2)c(S(=O)(=O)O)cc2cc(SOOO)c(/N=N/c3ccc(S(=O)(=O)CCOSOOO)cc3S(=O)(=O)O)c(O)c12. The number of fused-ring (bicyclic) bond motifs is 1. The quantitative estimate of drug-likeness (QED) is 0.0117. The lowest BCUT2D eigenvalue weighted by Gasteiger charge is -2.14. The third kappa shape index (κ3) is 12.7. The molecule has 328 valence electrons. The van der Waals surface area contributed by atoms with Crippen molar-refractivity contribution in [2.75, 3.05) is 30.5 Å². The van der Waals surface area contributed by atoms with Gasteiger partial charge in [0.05, 0.1) is 68.2 Å². The summed E-state index contributed by atoms with van der Waals surface area (Å²) in [6, 6.07) is 8.15. The third-order valence-corrected chi connectivity index (χ3v) is 13.7. The number of sulfone groups is 2. The van der Waals surface area contributed by atoms with Crippen LogP contribution >= 0.6 is 24.4 Å². The Morgan fingerprint density at radius 3 is 1.83 bits per heavy atom. The summed E-state index contributed by atoms with van der Waals surface area (Å²) >= 11 is 0.192. The van der Waals surface area contributed by atoms with Gasteiger partial charge in [-0.3, -0.25) is 17.8 Å². The zero-order chi connectivity index (χ0) is 44.7. The van der Waals surface area contributed by atoms with Crippen LogP contribution in [-0.2, 0) is 77.4 Å². The molecule has 0 heterocycles. The molecule has 0 amide bonds. The smallest absolute Gasteiger partial charge is 0.397 e. The van der Waals surface area contributed by atoms with Crippen LogP contribution in [0.15, 0.2) is 99.5 Å². The van der Waals surface area contributed by atoms with Gasteiger partial charge in [-0.15, -0.1) is 24.0 Å². The van der Waals surface area contributed by atoms with Crippen molar-refractivity contribution in [1.82, 2.24) is 0 Å². The topological polar surface area (TPSA) is 423 Å². The first-order chi connectivity index (χ1) is 27.9. The number of nitrogen functional groups attached to an aromatic ring is 1. The summed E-state index contributed by atoms with van der Waals surface area (Å²) in [6.07, 6.45) is 0. The van der Waals surface area contributed by atoms with Crippen LogP contribution in [-0.4, -0.2) is 96.1 Å². The molecule has 8 N–H and O–H groups in total. The number of rotatable bonds is 21. The maximum atomic E-state index is 12.8. The maximum Gasteiger partial charge on any atom is 0.397 e. The van der Waals surface area contributed by atoms with E-state index < -0.39 is 124 Å². The highest BCUT2D eigenvalue weighted by atomic mass is 32.3. The molecule has 0 unspecified atom stereocenters. The number of anilines is 1. The van der Waals surface area contributed by atoms with Gasteiger partial charge in [-0.25, -0.2) is 31.5 Å². The van der Waals surface area contributed by atoms with E-state index in [1.54, 1.807) is 0 Å². The van der Waals surface area contributed by atoms with Gasteiger partial charge in [-0.05, 0) is 60.0 Å².